The number of carbonyl (C=O) groups excluding carboxylic acids is 1. The van der Waals surface area contributed by atoms with Crippen molar-refractivity contribution >= 4 is 11.9 Å². The molecule has 6 nitrogen and oxygen atoms in total. The number of carbonyl (C=O) groups is 1. The zero-order valence-electron chi connectivity index (χ0n) is 11.0. The molecule has 0 bridgehead atoms. The van der Waals surface area contributed by atoms with Gasteiger partial charge < -0.3 is 5.32 Å². The van der Waals surface area contributed by atoms with E-state index in [9.17, 15) is 4.79 Å². The lowest BCUT2D eigenvalue weighted by Gasteiger charge is -2.06. The molecule has 0 spiro atoms. The first kappa shape index (κ1) is 12.6. The van der Waals surface area contributed by atoms with Gasteiger partial charge in [-0.25, -0.2) is 0 Å². The van der Waals surface area contributed by atoms with Gasteiger partial charge in [-0.3, -0.25) is 19.8 Å². The second-order valence-electron chi connectivity index (χ2n) is 4.36. The number of nitrogens with zero attached hydrogens (tertiary/aromatic N) is 3. The Morgan fingerprint density at radius 1 is 1.50 bits per heavy atom. The predicted octanol–water partition coefficient (Wildman–Crippen LogP) is 0.509. The van der Waals surface area contributed by atoms with E-state index in [2.05, 4.69) is 27.6 Å². The van der Waals surface area contributed by atoms with Gasteiger partial charge in [-0.2, -0.15) is 5.10 Å². The summed E-state index contributed by atoms with van der Waals surface area (Å²) in [4.78, 5) is 16.2. The number of hydrogen-bond donors (Lipinski definition) is 2. The number of hydrogen-bond acceptors (Lipinski definition) is 3. The molecule has 0 aliphatic carbocycles. The smallest absolute Gasteiger partial charge is 0.254 e. The van der Waals surface area contributed by atoms with Crippen LogP contribution in [0.4, 0.5) is 0 Å². The molecule has 1 saturated heterocycles. The number of aliphatic imine (C=N–C) groups is 1. The van der Waals surface area contributed by atoms with E-state index in [1.165, 1.54) is 0 Å². The van der Waals surface area contributed by atoms with E-state index in [-0.39, 0.29) is 11.9 Å². The fraction of sp³-hybridized carbons (Fsp3) is 0.583. The Hall–Kier alpha value is -1.85. The minimum Gasteiger partial charge on any atom is -0.340 e. The van der Waals surface area contributed by atoms with Gasteiger partial charge in [-0.05, 0) is 12.8 Å². The molecule has 1 amide bonds. The number of nitrogens with one attached hydrogen (secondary N) is 2. The highest BCUT2D eigenvalue weighted by atomic mass is 16.2. The quantitative estimate of drug-likeness (QED) is 0.816. The lowest BCUT2D eigenvalue weighted by molar-refractivity contribution is -0.120. The van der Waals surface area contributed by atoms with Crippen LogP contribution in [0.3, 0.4) is 0 Å². The molecule has 1 aliphatic heterocycles. The first-order chi connectivity index (χ1) is 8.65. The molecule has 1 aromatic rings. The van der Waals surface area contributed by atoms with Crippen molar-refractivity contribution in [2.24, 2.45) is 12.0 Å². The van der Waals surface area contributed by atoms with E-state index in [1.54, 1.807) is 4.68 Å². The summed E-state index contributed by atoms with van der Waals surface area (Å²) < 4.78 is 1.74. The summed E-state index contributed by atoms with van der Waals surface area (Å²) in [7, 11) is 1.86. The van der Waals surface area contributed by atoms with Crippen molar-refractivity contribution in [3.05, 3.63) is 17.5 Å². The van der Waals surface area contributed by atoms with Gasteiger partial charge in [0, 0.05) is 25.4 Å². The third-order valence-corrected chi connectivity index (χ3v) is 2.86. The minimum atomic E-state index is -0.371. The van der Waals surface area contributed by atoms with Crippen LogP contribution in [0.2, 0.25) is 0 Å². The number of aryl methyl sites for hydroxylation is 2. The zero-order chi connectivity index (χ0) is 13.1. The van der Waals surface area contributed by atoms with Gasteiger partial charge in [-0.15, -0.1) is 0 Å². The SMILES string of the molecule is CCCN=C1NC(=O)C(c2cn(C)nc2CC)N1. The Bertz CT molecular complexity index is 477. The molecule has 1 aliphatic rings. The molecule has 18 heavy (non-hydrogen) atoms. The van der Waals surface area contributed by atoms with Gasteiger partial charge in [0.25, 0.3) is 5.91 Å². The summed E-state index contributed by atoms with van der Waals surface area (Å²) in [6.45, 7) is 4.79. The normalized spacial score (nSPS) is 21.2. The van der Waals surface area contributed by atoms with Gasteiger partial charge in [-0.1, -0.05) is 13.8 Å². The molecule has 2 rings (SSSR count). The maximum Gasteiger partial charge on any atom is 0.254 e. The average molecular weight is 249 g/mol. The largest absolute Gasteiger partial charge is 0.340 e. The summed E-state index contributed by atoms with van der Waals surface area (Å²) in [5, 5.41) is 10.2. The molecule has 1 atom stereocenters. The predicted molar refractivity (Wildman–Crippen MR) is 69.2 cm³/mol. The lowest BCUT2D eigenvalue weighted by Crippen LogP contribution is -2.25. The van der Waals surface area contributed by atoms with Gasteiger partial charge in [0.2, 0.25) is 0 Å². The molecule has 2 N–H and O–H groups in total. The molecular weight excluding hydrogens is 230 g/mol. The number of guanidine groups is 1. The van der Waals surface area contributed by atoms with E-state index in [0.29, 0.717) is 12.5 Å². The summed E-state index contributed by atoms with van der Waals surface area (Å²) in [5.74, 6) is 0.505. The monoisotopic (exact) mass is 249 g/mol. The maximum absolute atomic E-state index is 11.9. The van der Waals surface area contributed by atoms with E-state index in [1.807, 2.05) is 20.2 Å². The first-order valence-corrected chi connectivity index (χ1v) is 6.30. The number of amides is 1. The molecule has 0 radical (unpaired) electrons. The van der Waals surface area contributed by atoms with Crippen molar-refractivity contribution < 1.29 is 4.79 Å². The van der Waals surface area contributed by atoms with Crippen molar-refractivity contribution in [2.75, 3.05) is 6.54 Å². The Kier molecular flexibility index (Phi) is 3.64. The second kappa shape index (κ2) is 5.20. The van der Waals surface area contributed by atoms with Crippen molar-refractivity contribution in [1.82, 2.24) is 20.4 Å². The van der Waals surface area contributed by atoms with E-state index in [4.69, 9.17) is 0 Å². The van der Waals surface area contributed by atoms with Crippen LogP contribution >= 0.6 is 0 Å². The van der Waals surface area contributed by atoms with Gasteiger partial charge in [0.05, 0.1) is 5.69 Å². The van der Waals surface area contributed by atoms with Crippen molar-refractivity contribution in [1.29, 1.82) is 0 Å². The summed E-state index contributed by atoms with van der Waals surface area (Å²) >= 11 is 0. The molecular formula is C12H19N5O. The fourth-order valence-electron chi connectivity index (χ4n) is 2.02. The topological polar surface area (TPSA) is 71.3 Å². The summed E-state index contributed by atoms with van der Waals surface area (Å²) in [6.07, 6.45) is 3.65. The average Bonchev–Trinajstić information content (AvgIpc) is 2.89. The van der Waals surface area contributed by atoms with Gasteiger partial charge in [0.15, 0.2) is 5.96 Å². The molecule has 0 aromatic carbocycles. The second-order valence-corrected chi connectivity index (χ2v) is 4.36. The zero-order valence-corrected chi connectivity index (χ0v) is 11.0. The number of aromatic nitrogens is 2. The van der Waals surface area contributed by atoms with Crippen molar-refractivity contribution in [3.63, 3.8) is 0 Å². The molecule has 0 saturated carbocycles. The van der Waals surface area contributed by atoms with E-state index < -0.39 is 0 Å². The van der Waals surface area contributed by atoms with Gasteiger partial charge >= 0.3 is 0 Å². The van der Waals surface area contributed by atoms with Crippen LogP contribution in [0.5, 0.6) is 0 Å². The highest BCUT2D eigenvalue weighted by Gasteiger charge is 2.32. The minimum absolute atomic E-state index is 0.0625. The summed E-state index contributed by atoms with van der Waals surface area (Å²) in [5.41, 5.74) is 1.88. The van der Waals surface area contributed by atoms with E-state index in [0.717, 1.165) is 24.1 Å². The van der Waals surface area contributed by atoms with Crippen LogP contribution in [-0.2, 0) is 18.3 Å². The van der Waals surface area contributed by atoms with Crippen LogP contribution in [0.25, 0.3) is 0 Å². The first-order valence-electron chi connectivity index (χ1n) is 6.30. The van der Waals surface area contributed by atoms with E-state index >= 15 is 0 Å². The molecule has 1 unspecified atom stereocenters. The van der Waals surface area contributed by atoms with Crippen LogP contribution in [-0.4, -0.2) is 28.2 Å². The van der Waals surface area contributed by atoms with Crippen molar-refractivity contribution in [3.8, 4) is 0 Å². The third-order valence-electron chi connectivity index (χ3n) is 2.86. The van der Waals surface area contributed by atoms with Crippen LogP contribution in [0.15, 0.2) is 11.2 Å². The molecule has 1 aromatic heterocycles. The maximum atomic E-state index is 11.9. The number of rotatable bonds is 4. The Labute approximate surface area is 106 Å². The van der Waals surface area contributed by atoms with Crippen LogP contribution in [0.1, 0.15) is 37.6 Å². The lowest BCUT2D eigenvalue weighted by atomic mass is 10.1. The Balaban J connectivity index is 2.21. The van der Waals surface area contributed by atoms with Crippen LogP contribution in [0, 0.1) is 0 Å². The standard InChI is InChI=1S/C12H19N5O/c1-4-6-13-12-14-10(11(18)15-12)8-7-17(3)16-9(8)5-2/h7,10H,4-6H2,1-3H3,(H2,13,14,15,18). The van der Waals surface area contributed by atoms with Crippen LogP contribution < -0.4 is 10.6 Å². The highest BCUT2D eigenvalue weighted by Crippen LogP contribution is 2.20. The Morgan fingerprint density at radius 2 is 2.28 bits per heavy atom. The molecule has 98 valence electrons. The molecule has 6 heteroatoms. The summed E-state index contributed by atoms with van der Waals surface area (Å²) in [6, 6.07) is -0.371. The van der Waals surface area contributed by atoms with Gasteiger partial charge in [0.1, 0.15) is 6.04 Å². The Morgan fingerprint density at radius 3 is 2.94 bits per heavy atom. The fourth-order valence-corrected chi connectivity index (χ4v) is 2.02. The molecule has 2 heterocycles. The van der Waals surface area contributed by atoms with Crippen molar-refractivity contribution in [2.45, 2.75) is 32.7 Å². The third kappa shape index (κ3) is 2.37. The molecule has 1 fully saturated rings. The highest BCUT2D eigenvalue weighted by molar-refractivity contribution is 6.06.